The van der Waals surface area contributed by atoms with Crippen molar-refractivity contribution in [3.05, 3.63) is 110 Å². The van der Waals surface area contributed by atoms with Gasteiger partial charge in [0.2, 0.25) is 5.76 Å². The molecule has 5 rings (SSSR count). The van der Waals surface area contributed by atoms with Crippen LogP contribution in [0.2, 0.25) is 5.02 Å². The van der Waals surface area contributed by atoms with Crippen LogP contribution >= 0.6 is 11.6 Å². The molecule has 5 nitrogen and oxygen atoms in total. The monoisotopic (exact) mass is 444 g/mol. The molecule has 0 N–H and O–H groups in total. The number of halogens is 1. The Morgan fingerprint density at radius 2 is 1.88 bits per heavy atom. The van der Waals surface area contributed by atoms with E-state index in [4.69, 9.17) is 16.0 Å². The minimum atomic E-state index is -0.552. The third-order valence-electron chi connectivity index (χ3n) is 6.03. The van der Waals surface area contributed by atoms with Crippen molar-refractivity contribution in [3.8, 4) is 0 Å². The molecular weight excluding hydrogens is 424 g/mol. The molecule has 1 amide bonds. The van der Waals surface area contributed by atoms with Gasteiger partial charge in [0.05, 0.1) is 17.0 Å². The Kier molecular flexibility index (Phi) is 5.06. The predicted octanol–water partition coefficient (Wildman–Crippen LogP) is 5.46. The van der Waals surface area contributed by atoms with E-state index in [9.17, 15) is 9.59 Å². The number of carbonyl (C=O) groups excluding carboxylic acids is 1. The second-order valence-electron chi connectivity index (χ2n) is 8.06. The zero-order chi connectivity index (χ0) is 22.4. The minimum absolute atomic E-state index is 0.0951. The first-order chi connectivity index (χ1) is 15.5. The first-order valence-electron chi connectivity index (χ1n) is 10.5. The van der Waals surface area contributed by atoms with Gasteiger partial charge >= 0.3 is 0 Å². The normalized spacial score (nSPS) is 15.4. The van der Waals surface area contributed by atoms with Crippen LogP contribution in [0, 0.1) is 6.92 Å². The molecular formula is C26H21ClN2O3. The third kappa shape index (κ3) is 3.30. The van der Waals surface area contributed by atoms with Crippen LogP contribution in [-0.2, 0) is 13.0 Å². The van der Waals surface area contributed by atoms with Crippen LogP contribution in [0.25, 0.3) is 11.0 Å². The summed E-state index contributed by atoms with van der Waals surface area (Å²) in [5.41, 5.74) is 4.21. The number of aromatic nitrogens is 1. The van der Waals surface area contributed by atoms with Gasteiger partial charge in [0, 0.05) is 24.0 Å². The van der Waals surface area contributed by atoms with E-state index in [1.807, 2.05) is 43.3 Å². The van der Waals surface area contributed by atoms with Crippen molar-refractivity contribution >= 4 is 28.5 Å². The molecule has 2 aromatic heterocycles. The molecule has 1 unspecified atom stereocenters. The van der Waals surface area contributed by atoms with Crippen molar-refractivity contribution in [2.24, 2.45) is 0 Å². The Balaban J connectivity index is 1.73. The van der Waals surface area contributed by atoms with Crippen LogP contribution in [0.4, 0.5) is 0 Å². The number of amides is 1. The van der Waals surface area contributed by atoms with E-state index in [1.54, 1.807) is 29.4 Å². The Morgan fingerprint density at radius 1 is 1.09 bits per heavy atom. The lowest BCUT2D eigenvalue weighted by Gasteiger charge is -2.25. The summed E-state index contributed by atoms with van der Waals surface area (Å²) in [5.74, 6) is -0.210. The molecule has 0 radical (unpaired) electrons. The maximum absolute atomic E-state index is 13.6. The highest BCUT2D eigenvalue weighted by Crippen LogP contribution is 2.39. The zero-order valence-corrected chi connectivity index (χ0v) is 18.5. The Hall–Kier alpha value is -3.44. The Morgan fingerprint density at radius 3 is 2.56 bits per heavy atom. The van der Waals surface area contributed by atoms with Crippen molar-refractivity contribution in [1.82, 2.24) is 9.88 Å². The minimum Gasteiger partial charge on any atom is -0.450 e. The van der Waals surface area contributed by atoms with Gasteiger partial charge in [-0.05, 0) is 53.8 Å². The maximum Gasteiger partial charge on any atom is 0.291 e. The molecule has 3 heterocycles. The molecule has 0 saturated heterocycles. The summed E-state index contributed by atoms with van der Waals surface area (Å²) in [6.45, 7) is 4.24. The highest BCUT2D eigenvalue weighted by molar-refractivity contribution is 6.32. The summed E-state index contributed by atoms with van der Waals surface area (Å²) in [4.78, 5) is 33.0. The van der Waals surface area contributed by atoms with Gasteiger partial charge in [0.15, 0.2) is 5.43 Å². The lowest BCUT2D eigenvalue weighted by molar-refractivity contribution is 0.0714. The van der Waals surface area contributed by atoms with E-state index < -0.39 is 6.04 Å². The van der Waals surface area contributed by atoms with Crippen molar-refractivity contribution in [3.63, 3.8) is 0 Å². The number of carbonyl (C=O) groups is 1. The fraction of sp³-hybridized carbons (Fsp3) is 0.192. The van der Waals surface area contributed by atoms with Crippen LogP contribution in [0.5, 0.6) is 0 Å². The summed E-state index contributed by atoms with van der Waals surface area (Å²) in [6.07, 6.45) is 4.32. The van der Waals surface area contributed by atoms with E-state index in [1.165, 1.54) is 5.56 Å². The molecule has 32 heavy (non-hydrogen) atoms. The fourth-order valence-corrected chi connectivity index (χ4v) is 4.44. The number of fused-ring (bicyclic) bond motifs is 2. The quantitative estimate of drug-likeness (QED) is 0.419. The number of rotatable bonds is 4. The van der Waals surface area contributed by atoms with Gasteiger partial charge in [-0.15, -0.1) is 0 Å². The Bertz CT molecular complexity index is 1400. The van der Waals surface area contributed by atoms with Gasteiger partial charge in [0.1, 0.15) is 5.58 Å². The average Bonchev–Trinajstić information content (AvgIpc) is 3.08. The first-order valence-corrected chi connectivity index (χ1v) is 10.9. The standard InChI is InChI=1S/C26H21ClN2O3/c1-3-16-6-8-18(9-7-16)23-22-24(30)19-12-20(27)15(2)11-21(19)32-25(22)26(31)29(23)14-17-5-4-10-28-13-17/h4-13,23H,3,14H2,1-2H3. The van der Waals surface area contributed by atoms with Crippen molar-refractivity contribution < 1.29 is 9.21 Å². The molecule has 1 atom stereocenters. The average molecular weight is 445 g/mol. The summed E-state index contributed by atoms with van der Waals surface area (Å²) in [5, 5.41) is 0.871. The first kappa shape index (κ1) is 20.5. The van der Waals surface area contributed by atoms with Crippen molar-refractivity contribution in [2.45, 2.75) is 32.9 Å². The number of hydrogen-bond donors (Lipinski definition) is 0. The molecule has 6 heteroatoms. The Labute approximate surface area is 190 Å². The number of aryl methyl sites for hydroxylation is 2. The molecule has 0 spiro atoms. The van der Waals surface area contributed by atoms with Gasteiger partial charge in [0.25, 0.3) is 5.91 Å². The lowest BCUT2D eigenvalue weighted by Crippen LogP contribution is -2.29. The largest absolute Gasteiger partial charge is 0.450 e. The highest BCUT2D eigenvalue weighted by atomic mass is 35.5. The van der Waals surface area contributed by atoms with Gasteiger partial charge in [-0.1, -0.05) is 48.9 Å². The van der Waals surface area contributed by atoms with Gasteiger partial charge in [-0.2, -0.15) is 0 Å². The summed E-state index contributed by atoms with van der Waals surface area (Å²) in [7, 11) is 0. The fourth-order valence-electron chi connectivity index (χ4n) is 4.27. The molecule has 0 saturated carbocycles. The SMILES string of the molecule is CCc1ccc(C2c3c(oc4cc(C)c(Cl)cc4c3=O)C(=O)N2Cc2cccnc2)cc1. The molecule has 1 aliphatic rings. The third-order valence-corrected chi connectivity index (χ3v) is 6.43. The topological polar surface area (TPSA) is 63.4 Å². The lowest BCUT2D eigenvalue weighted by atomic mass is 9.97. The van der Waals surface area contributed by atoms with Crippen LogP contribution in [0.1, 0.15) is 51.3 Å². The second-order valence-corrected chi connectivity index (χ2v) is 8.47. The molecule has 2 aromatic carbocycles. The molecule has 160 valence electrons. The zero-order valence-electron chi connectivity index (χ0n) is 17.8. The summed E-state index contributed by atoms with van der Waals surface area (Å²) >= 11 is 6.30. The predicted molar refractivity (Wildman–Crippen MR) is 124 cm³/mol. The van der Waals surface area contributed by atoms with E-state index in [-0.39, 0.29) is 17.1 Å². The number of benzene rings is 2. The molecule has 0 bridgehead atoms. The van der Waals surface area contributed by atoms with E-state index in [0.29, 0.717) is 28.1 Å². The van der Waals surface area contributed by atoms with E-state index in [0.717, 1.165) is 23.1 Å². The van der Waals surface area contributed by atoms with E-state index in [2.05, 4.69) is 11.9 Å². The summed E-state index contributed by atoms with van der Waals surface area (Å²) < 4.78 is 6.03. The molecule has 0 fully saturated rings. The van der Waals surface area contributed by atoms with Crippen LogP contribution in [0.15, 0.2) is 70.1 Å². The summed E-state index contributed by atoms with van der Waals surface area (Å²) in [6, 6.07) is 14.6. The number of pyridine rings is 1. The van der Waals surface area contributed by atoms with Gasteiger partial charge in [-0.3, -0.25) is 14.6 Å². The number of hydrogen-bond acceptors (Lipinski definition) is 4. The van der Waals surface area contributed by atoms with Crippen LogP contribution in [-0.4, -0.2) is 15.8 Å². The van der Waals surface area contributed by atoms with Crippen molar-refractivity contribution in [1.29, 1.82) is 0 Å². The van der Waals surface area contributed by atoms with Gasteiger partial charge in [-0.25, -0.2) is 0 Å². The smallest absolute Gasteiger partial charge is 0.291 e. The second kappa shape index (κ2) is 7.92. The maximum atomic E-state index is 13.6. The van der Waals surface area contributed by atoms with Crippen LogP contribution < -0.4 is 5.43 Å². The van der Waals surface area contributed by atoms with Gasteiger partial charge < -0.3 is 9.32 Å². The van der Waals surface area contributed by atoms with Crippen molar-refractivity contribution in [2.75, 3.05) is 0 Å². The molecule has 4 aromatic rings. The highest BCUT2D eigenvalue weighted by Gasteiger charge is 2.42. The molecule has 0 aliphatic carbocycles. The van der Waals surface area contributed by atoms with E-state index >= 15 is 0 Å². The molecule has 1 aliphatic heterocycles. The van der Waals surface area contributed by atoms with Crippen LogP contribution in [0.3, 0.4) is 0 Å². The number of nitrogens with zero attached hydrogens (tertiary/aromatic N) is 2.